The Hall–Kier alpha value is -3.19. The fourth-order valence-electron chi connectivity index (χ4n) is 3.80. The van der Waals surface area contributed by atoms with Crippen molar-refractivity contribution in [2.24, 2.45) is 0 Å². The number of benzene rings is 2. The van der Waals surface area contributed by atoms with Crippen molar-refractivity contribution in [2.75, 3.05) is 20.8 Å². The van der Waals surface area contributed by atoms with Crippen LogP contribution in [-0.2, 0) is 5.60 Å². The lowest BCUT2D eigenvalue weighted by Crippen LogP contribution is -2.57. The molecule has 1 N–H and O–H groups in total. The van der Waals surface area contributed by atoms with E-state index < -0.39 is 17.5 Å². The summed E-state index contributed by atoms with van der Waals surface area (Å²) in [4.78, 5) is 13.4. The predicted octanol–water partition coefficient (Wildman–Crippen LogP) is 2.67. The lowest BCUT2D eigenvalue weighted by molar-refractivity contribution is -0.0793. The molecule has 5 rings (SSSR count). The summed E-state index contributed by atoms with van der Waals surface area (Å²) < 4.78 is 27.8. The minimum Gasteiger partial charge on any atom is -0.493 e. The average molecular weight is 368 g/mol. The van der Waals surface area contributed by atoms with Crippen LogP contribution in [0.2, 0.25) is 0 Å². The van der Waals surface area contributed by atoms with Gasteiger partial charge < -0.3 is 28.5 Å². The molecule has 138 valence electrons. The minimum absolute atomic E-state index is 0.0123. The Balaban J connectivity index is 1.73. The van der Waals surface area contributed by atoms with Gasteiger partial charge in [0.2, 0.25) is 5.78 Å². The van der Waals surface area contributed by atoms with E-state index in [9.17, 15) is 9.90 Å². The molecule has 0 fully saturated rings. The molecule has 0 saturated heterocycles. The number of ether oxygens (including phenoxy) is 4. The number of aliphatic hydroxyl groups is 1. The fourth-order valence-corrected chi connectivity index (χ4v) is 3.80. The van der Waals surface area contributed by atoms with E-state index in [4.69, 9.17) is 23.4 Å². The first-order valence-corrected chi connectivity index (χ1v) is 8.41. The summed E-state index contributed by atoms with van der Waals surface area (Å²) in [5, 5.41) is 12.2. The van der Waals surface area contributed by atoms with Crippen molar-refractivity contribution in [2.45, 2.75) is 11.7 Å². The van der Waals surface area contributed by atoms with Crippen molar-refractivity contribution in [3.8, 4) is 23.0 Å². The number of fused-ring (bicyclic) bond motifs is 6. The normalized spacial score (nSPS) is 22.9. The van der Waals surface area contributed by atoms with Crippen molar-refractivity contribution in [1.82, 2.24) is 0 Å². The van der Waals surface area contributed by atoms with E-state index in [2.05, 4.69) is 0 Å². The Morgan fingerprint density at radius 1 is 1.15 bits per heavy atom. The fraction of sp³-hybridized carbons (Fsp3) is 0.250. The van der Waals surface area contributed by atoms with Gasteiger partial charge in [-0.25, -0.2) is 0 Å². The Kier molecular flexibility index (Phi) is 3.21. The van der Waals surface area contributed by atoms with Gasteiger partial charge in [0.1, 0.15) is 23.7 Å². The smallest absolute Gasteiger partial charge is 0.206 e. The number of rotatable bonds is 2. The van der Waals surface area contributed by atoms with Crippen molar-refractivity contribution < 1.29 is 33.3 Å². The van der Waals surface area contributed by atoms with Crippen LogP contribution in [0.25, 0.3) is 11.0 Å². The Morgan fingerprint density at radius 2 is 1.93 bits per heavy atom. The summed E-state index contributed by atoms with van der Waals surface area (Å²) in [6.45, 7) is 0.0123. The van der Waals surface area contributed by atoms with Gasteiger partial charge in [0.25, 0.3) is 0 Å². The van der Waals surface area contributed by atoms with Crippen molar-refractivity contribution in [3.05, 3.63) is 47.7 Å². The summed E-state index contributed by atoms with van der Waals surface area (Å²) >= 11 is 0. The molecule has 7 heteroatoms. The zero-order chi connectivity index (χ0) is 18.8. The van der Waals surface area contributed by atoms with E-state index in [1.165, 1.54) is 20.5 Å². The molecule has 2 atom stereocenters. The lowest BCUT2D eigenvalue weighted by atomic mass is 9.77. The highest BCUT2D eigenvalue weighted by Crippen LogP contribution is 2.50. The van der Waals surface area contributed by atoms with Gasteiger partial charge in [-0.05, 0) is 24.3 Å². The Labute approximate surface area is 154 Å². The molecule has 2 aliphatic heterocycles. The Bertz CT molecular complexity index is 1080. The molecule has 0 spiro atoms. The molecular formula is C20H16O7. The molecule has 0 bridgehead atoms. The summed E-state index contributed by atoms with van der Waals surface area (Å²) in [7, 11) is 2.99. The maximum atomic E-state index is 13.4. The van der Waals surface area contributed by atoms with Crippen LogP contribution in [-0.4, -0.2) is 37.8 Å². The number of methoxy groups -OCH3 is 2. The second-order valence-electron chi connectivity index (χ2n) is 6.49. The molecule has 0 aliphatic carbocycles. The van der Waals surface area contributed by atoms with Crippen LogP contribution in [0.15, 0.2) is 41.0 Å². The van der Waals surface area contributed by atoms with Crippen LogP contribution < -0.4 is 18.9 Å². The standard InChI is InChI=1S/C20H16O7/c1-23-15-7-12-14(8-16(15)24-2)26-9-17-20(12,22)19(21)11-3-4-13-10(5-6-25-13)18(11)27-17/h3-8,17,22H,9H2,1-2H3. The molecule has 3 aromatic rings. The molecule has 2 aliphatic rings. The van der Waals surface area contributed by atoms with Gasteiger partial charge >= 0.3 is 0 Å². The third-order valence-electron chi connectivity index (χ3n) is 5.19. The number of hydrogen-bond acceptors (Lipinski definition) is 7. The number of carbonyl (C=O) groups is 1. The largest absolute Gasteiger partial charge is 0.493 e. The summed E-state index contributed by atoms with van der Waals surface area (Å²) in [6, 6.07) is 8.19. The van der Waals surface area contributed by atoms with E-state index in [1.54, 1.807) is 30.3 Å². The van der Waals surface area contributed by atoms with Crippen molar-refractivity contribution in [1.29, 1.82) is 0 Å². The molecule has 2 unspecified atom stereocenters. The average Bonchev–Trinajstić information content (AvgIpc) is 3.17. The number of carbonyl (C=O) groups excluding carboxylic acids is 1. The van der Waals surface area contributed by atoms with Crippen LogP contribution in [0.1, 0.15) is 15.9 Å². The first-order chi connectivity index (χ1) is 13.1. The van der Waals surface area contributed by atoms with Gasteiger partial charge in [0, 0.05) is 11.6 Å². The zero-order valence-corrected chi connectivity index (χ0v) is 14.6. The maximum absolute atomic E-state index is 13.4. The monoisotopic (exact) mass is 368 g/mol. The highest BCUT2D eigenvalue weighted by molar-refractivity contribution is 6.10. The van der Waals surface area contributed by atoms with E-state index in [0.717, 1.165) is 0 Å². The zero-order valence-electron chi connectivity index (χ0n) is 14.6. The van der Waals surface area contributed by atoms with E-state index >= 15 is 0 Å². The van der Waals surface area contributed by atoms with Crippen LogP contribution in [0.5, 0.6) is 23.0 Å². The number of hydrogen-bond donors (Lipinski definition) is 1. The van der Waals surface area contributed by atoms with Gasteiger partial charge in [-0.1, -0.05) is 0 Å². The molecule has 0 saturated carbocycles. The van der Waals surface area contributed by atoms with Gasteiger partial charge in [0.15, 0.2) is 23.2 Å². The van der Waals surface area contributed by atoms with Crippen molar-refractivity contribution >= 4 is 16.8 Å². The van der Waals surface area contributed by atoms with Crippen molar-refractivity contribution in [3.63, 3.8) is 0 Å². The second-order valence-corrected chi connectivity index (χ2v) is 6.49. The number of furan rings is 1. The third kappa shape index (κ3) is 1.97. The second kappa shape index (κ2) is 5.40. The minimum atomic E-state index is -1.89. The van der Waals surface area contributed by atoms with E-state index in [1.807, 2.05) is 0 Å². The Morgan fingerprint density at radius 3 is 2.70 bits per heavy atom. The molecule has 27 heavy (non-hydrogen) atoms. The number of ketones is 1. The van der Waals surface area contributed by atoms with E-state index in [-0.39, 0.29) is 6.61 Å². The van der Waals surface area contributed by atoms with Gasteiger partial charge in [-0.15, -0.1) is 0 Å². The first-order valence-electron chi connectivity index (χ1n) is 8.41. The van der Waals surface area contributed by atoms with Gasteiger partial charge in [-0.3, -0.25) is 4.79 Å². The van der Waals surface area contributed by atoms with Gasteiger partial charge in [-0.2, -0.15) is 0 Å². The maximum Gasteiger partial charge on any atom is 0.206 e. The highest BCUT2D eigenvalue weighted by atomic mass is 16.6. The third-order valence-corrected chi connectivity index (χ3v) is 5.19. The SMILES string of the molecule is COc1cc2c(cc1OC)C1(O)C(=O)c3ccc4occc4c3OC1CO2. The molecule has 7 nitrogen and oxygen atoms in total. The molecule has 1 aromatic heterocycles. The molecule has 0 radical (unpaired) electrons. The van der Waals surface area contributed by atoms with E-state index in [0.29, 0.717) is 45.1 Å². The van der Waals surface area contributed by atoms with Gasteiger partial charge in [0.05, 0.1) is 31.4 Å². The lowest BCUT2D eigenvalue weighted by Gasteiger charge is -2.43. The van der Waals surface area contributed by atoms with Crippen LogP contribution in [0.3, 0.4) is 0 Å². The quantitative estimate of drug-likeness (QED) is 0.744. The molecule has 0 amide bonds. The highest BCUT2D eigenvalue weighted by Gasteiger charge is 2.56. The summed E-state index contributed by atoms with van der Waals surface area (Å²) in [5.41, 5.74) is -0.697. The molecular weight excluding hydrogens is 352 g/mol. The summed E-state index contributed by atoms with van der Waals surface area (Å²) in [6.07, 6.45) is 0.632. The number of Topliss-reactive ketones (excluding diaryl/α,β-unsaturated/α-hetero) is 1. The van der Waals surface area contributed by atoms with Crippen LogP contribution in [0, 0.1) is 0 Å². The molecule has 3 heterocycles. The van der Waals surface area contributed by atoms with Crippen LogP contribution in [0.4, 0.5) is 0 Å². The topological polar surface area (TPSA) is 87.4 Å². The first kappa shape index (κ1) is 16.0. The molecule has 2 aromatic carbocycles. The predicted molar refractivity (Wildman–Crippen MR) is 93.9 cm³/mol. The van der Waals surface area contributed by atoms with Crippen LogP contribution >= 0.6 is 0 Å². The summed E-state index contributed by atoms with van der Waals surface area (Å²) in [5.74, 6) is 1.14.